The number of hydrogen-bond acceptors (Lipinski definition) is 3. The molecule has 0 saturated carbocycles. The van der Waals surface area contributed by atoms with Crippen LogP contribution in [0.1, 0.15) is 22.7 Å². The summed E-state index contributed by atoms with van der Waals surface area (Å²) in [6.45, 7) is 5.36. The summed E-state index contributed by atoms with van der Waals surface area (Å²) >= 11 is 6.08. The molecular formula is C27H27ClN6O. The van der Waals surface area contributed by atoms with Gasteiger partial charge in [0.05, 0.1) is 11.7 Å². The molecule has 2 amide bonds. The molecule has 0 aliphatic carbocycles. The Morgan fingerprint density at radius 1 is 1.03 bits per heavy atom. The van der Waals surface area contributed by atoms with Crippen LogP contribution in [0.4, 0.5) is 16.2 Å². The molecule has 1 saturated heterocycles. The van der Waals surface area contributed by atoms with Gasteiger partial charge in [0.1, 0.15) is 0 Å². The van der Waals surface area contributed by atoms with Crippen LogP contribution in [-0.2, 0) is 0 Å². The van der Waals surface area contributed by atoms with Gasteiger partial charge in [0.25, 0.3) is 0 Å². The largest absolute Gasteiger partial charge is 0.338 e. The minimum Gasteiger partial charge on any atom is -0.338 e. The molecule has 8 heteroatoms. The average molecular weight is 487 g/mol. The number of carbonyl (C=O) groups is 1. The number of aryl methyl sites for hydroxylation is 2. The van der Waals surface area contributed by atoms with Crippen molar-refractivity contribution >= 4 is 35.0 Å². The topological polar surface area (TPSA) is 83.8 Å². The number of benzene rings is 3. The minimum absolute atomic E-state index is 0.186. The average Bonchev–Trinajstić information content (AvgIpc) is 2.87. The molecule has 7 nitrogen and oxygen atoms in total. The molecule has 1 fully saturated rings. The molecule has 0 bridgehead atoms. The molecular weight excluding hydrogens is 460 g/mol. The zero-order valence-electron chi connectivity index (χ0n) is 19.7. The van der Waals surface area contributed by atoms with E-state index in [-0.39, 0.29) is 12.1 Å². The van der Waals surface area contributed by atoms with E-state index in [2.05, 4.69) is 10.6 Å². The van der Waals surface area contributed by atoms with E-state index in [0.717, 1.165) is 28.1 Å². The summed E-state index contributed by atoms with van der Waals surface area (Å²) < 4.78 is 0. The molecule has 1 aliphatic rings. The number of para-hydroxylation sites is 1. The number of amides is 2. The summed E-state index contributed by atoms with van der Waals surface area (Å²) in [4.78, 5) is 22.0. The molecule has 35 heavy (non-hydrogen) atoms. The van der Waals surface area contributed by atoms with E-state index in [1.165, 1.54) is 0 Å². The molecule has 1 aliphatic heterocycles. The maximum Gasteiger partial charge on any atom is 0.322 e. The molecule has 1 heterocycles. The Kier molecular flexibility index (Phi) is 7.54. The molecule has 0 radical (unpaired) electrons. The van der Waals surface area contributed by atoms with Gasteiger partial charge < -0.3 is 15.1 Å². The van der Waals surface area contributed by atoms with Crippen LogP contribution in [0.3, 0.4) is 0 Å². The number of hydrogen-bond donors (Lipinski definition) is 2. The maximum atomic E-state index is 13.4. The van der Waals surface area contributed by atoms with Crippen LogP contribution in [0.2, 0.25) is 5.02 Å². The van der Waals surface area contributed by atoms with Gasteiger partial charge in [0.2, 0.25) is 5.96 Å². The molecule has 0 spiro atoms. The summed E-state index contributed by atoms with van der Waals surface area (Å²) in [6, 6.07) is 22.7. The number of nitriles is 1. The third-order valence-corrected chi connectivity index (χ3v) is 6.30. The van der Waals surface area contributed by atoms with Crippen molar-refractivity contribution in [3.63, 3.8) is 0 Å². The van der Waals surface area contributed by atoms with Crippen molar-refractivity contribution in [2.45, 2.75) is 19.9 Å². The van der Waals surface area contributed by atoms with Gasteiger partial charge in [0, 0.05) is 30.3 Å². The van der Waals surface area contributed by atoms with E-state index >= 15 is 0 Å². The Hall–Kier alpha value is -4.02. The number of guanidine groups is 1. The van der Waals surface area contributed by atoms with Gasteiger partial charge in [-0.05, 0) is 54.8 Å². The number of anilines is 1. The minimum atomic E-state index is -0.236. The monoisotopic (exact) mass is 486 g/mol. The maximum absolute atomic E-state index is 13.4. The van der Waals surface area contributed by atoms with Crippen molar-refractivity contribution in [2.24, 2.45) is 4.99 Å². The van der Waals surface area contributed by atoms with E-state index in [4.69, 9.17) is 16.6 Å². The second-order valence-corrected chi connectivity index (χ2v) is 8.85. The number of nitrogens with one attached hydrogen (secondary N) is 2. The molecule has 1 atom stereocenters. The van der Waals surface area contributed by atoms with Crippen LogP contribution in [-0.4, -0.2) is 41.4 Å². The van der Waals surface area contributed by atoms with E-state index < -0.39 is 0 Å². The van der Waals surface area contributed by atoms with Crippen LogP contribution in [0, 0.1) is 25.3 Å². The SMILES string of the molecule is Cc1ccccc1N=C(NC#N)N1CCN(C(=O)Nc2ccc(Cl)cc2C)C(c2ccccc2)C1. The third kappa shape index (κ3) is 5.73. The number of aliphatic imine (C=N–C) groups is 1. The highest BCUT2D eigenvalue weighted by molar-refractivity contribution is 6.30. The summed E-state index contributed by atoms with van der Waals surface area (Å²) in [6.07, 6.45) is 2.01. The number of urea groups is 1. The van der Waals surface area contributed by atoms with E-state index in [1.807, 2.05) is 96.6 Å². The van der Waals surface area contributed by atoms with Crippen molar-refractivity contribution < 1.29 is 4.79 Å². The molecule has 1 unspecified atom stereocenters. The smallest absolute Gasteiger partial charge is 0.322 e. The second kappa shape index (κ2) is 10.9. The Balaban J connectivity index is 1.62. The summed E-state index contributed by atoms with van der Waals surface area (Å²) in [5.41, 5.74) is 4.43. The zero-order chi connectivity index (χ0) is 24.8. The first kappa shape index (κ1) is 24.1. The van der Waals surface area contributed by atoms with Gasteiger partial charge in [-0.15, -0.1) is 0 Å². The van der Waals surface area contributed by atoms with Gasteiger partial charge in [0.15, 0.2) is 6.19 Å². The van der Waals surface area contributed by atoms with Crippen LogP contribution in [0.5, 0.6) is 0 Å². The highest BCUT2D eigenvalue weighted by Crippen LogP contribution is 2.28. The second-order valence-electron chi connectivity index (χ2n) is 8.41. The van der Waals surface area contributed by atoms with Gasteiger partial charge in [-0.3, -0.25) is 5.32 Å². The van der Waals surface area contributed by atoms with E-state index in [1.54, 1.807) is 6.07 Å². The van der Waals surface area contributed by atoms with Gasteiger partial charge >= 0.3 is 6.03 Å². The Morgan fingerprint density at radius 3 is 2.49 bits per heavy atom. The molecule has 4 rings (SSSR count). The number of piperazine rings is 1. The van der Waals surface area contributed by atoms with Crippen LogP contribution >= 0.6 is 11.6 Å². The highest BCUT2D eigenvalue weighted by Gasteiger charge is 2.33. The quantitative estimate of drug-likeness (QED) is 0.218. The lowest BCUT2D eigenvalue weighted by Gasteiger charge is -2.42. The zero-order valence-corrected chi connectivity index (χ0v) is 20.5. The standard InChI is InChI=1S/C27H27ClN6O/c1-19-8-6-7-11-23(19)31-26(30-18-29)33-14-15-34(25(17-33)21-9-4-3-5-10-21)27(35)32-24-13-12-22(28)16-20(24)2/h3-13,16,25H,14-15,17H2,1-2H3,(H,30,31)(H,32,35). The molecule has 3 aromatic carbocycles. The molecule has 2 N–H and O–H groups in total. The summed E-state index contributed by atoms with van der Waals surface area (Å²) in [7, 11) is 0. The van der Waals surface area contributed by atoms with Crippen molar-refractivity contribution in [2.75, 3.05) is 25.0 Å². The van der Waals surface area contributed by atoms with E-state index in [9.17, 15) is 10.1 Å². The predicted octanol–water partition coefficient (Wildman–Crippen LogP) is 5.61. The lowest BCUT2D eigenvalue weighted by Crippen LogP contribution is -2.55. The Bertz CT molecular complexity index is 1270. The first-order valence-electron chi connectivity index (χ1n) is 11.4. The third-order valence-electron chi connectivity index (χ3n) is 6.06. The Labute approximate surface area is 210 Å². The van der Waals surface area contributed by atoms with Gasteiger partial charge in [-0.2, -0.15) is 5.26 Å². The number of carbonyl (C=O) groups excluding carboxylic acids is 1. The van der Waals surface area contributed by atoms with Crippen LogP contribution in [0.15, 0.2) is 77.8 Å². The number of rotatable bonds is 3. The van der Waals surface area contributed by atoms with Crippen LogP contribution in [0.25, 0.3) is 0 Å². The summed E-state index contributed by atoms with van der Waals surface area (Å²) in [5.74, 6) is 0.469. The lowest BCUT2D eigenvalue weighted by atomic mass is 10.0. The van der Waals surface area contributed by atoms with Gasteiger partial charge in [-0.25, -0.2) is 9.79 Å². The van der Waals surface area contributed by atoms with Crippen molar-refractivity contribution in [1.29, 1.82) is 5.26 Å². The fourth-order valence-electron chi connectivity index (χ4n) is 4.16. The molecule has 178 valence electrons. The van der Waals surface area contributed by atoms with Gasteiger partial charge in [-0.1, -0.05) is 60.1 Å². The fourth-order valence-corrected chi connectivity index (χ4v) is 4.39. The first-order valence-corrected chi connectivity index (χ1v) is 11.8. The van der Waals surface area contributed by atoms with Crippen LogP contribution < -0.4 is 10.6 Å². The normalized spacial score (nSPS) is 15.9. The highest BCUT2D eigenvalue weighted by atomic mass is 35.5. The Morgan fingerprint density at radius 2 is 1.77 bits per heavy atom. The lowest BCUT2D eigenvalue weighted by molar-refractivity contribution is 0.135. The van der Waals surface area contributed by atoms with Crippen molar-refractivity contribution in [3.05, 3.63) is 94.5 Å². The van der Waals surface area contributed by atoms with Crippen molar-refractivity contribution in [1.82, 2.24) is 15.1 Å². The molecule has 0 aromatic heterocycles. The van der Waals surface area contributed by atoms with E-state index in [0.29, 0.717) is 30.6 Å². The van der Waals surface area contributed by atoms with Crippen molar-refractivity contribution in [3.8, 4) is 6.19 Å². The first-order chi connectivity index (χ1) is 17.0. The predicted molar refractivity (Wildman–Crippen MR) is 140 cm³/mol. The number of nitrogens with zero attached hydrogens (tertiary/aromatic N) is 4. The number of halogens is 1. The molecule has 3 aromatic rings. The summed E-state index contributed by atoms with van der Waals surface area (Å²) in [5, 5.41) is 15.8. The fraction of sp³-hybridized carbons (Fsp3) is 0.222.